The number of aromatic nitrogens is 1. The Bertz CT molecular complexity index is 1660. The first kappa shape index (κ1) is 32.0. The molecule has 2 heterocycles. The van der Waals surface area contributed by atoms with Crippen molar-refractivity contribution in [2.24, 2.45) is 0 Å². The number of carbonyl (C=O) groups is 1. The van der Waals surface area contributed by atoms with E-state index in [1.54, 1.807) is 0 Å². The average molecular weight is 788 g/mol. The summed E-state index contributed by atoms with van der Waals surface area (Å²) in [7, 11) is 0. The van der Waals surface area contributed by atoms with E-state index in [4.69, 9.17) is 10.1 Å². The molecule has 0 aliphatic heterocycles. The van der Waals surface area contributed by atoms with Crippen molar-refractivity contribution in [3.05, 3.63) is 96.4 Å². The molecular weight excluding hydrogens is 751 g/mol. The van der Waals surface area contributed by atoms with Crippen molar-refractivity contribution >= 4 is 55.6 Å². The molecule has 0 unspecified atom stereocenters. The molecule has 5 aromatic rings. The van der Waals surface area contributed by atoms with Crippen molar-refractivity contribution in [1.29, 1.82) is 0 Å². The molecule has 5 rings (SSSR count). The standard InChI is InChI=1S/C29H28GeNS.C5H8O2.Ir/c1-19(2)25-16-22(17-28-26(25)18-27(32-28)20-9-7-6-8-10-20)29-24-12-11-23(30(3,4)5)15-21(24)13-14-31-29;1-4(6)3-5(2)7;/h6-16,18-19H,1-5H3;3,6H,1-2H3;/q-1;;/b;4-3-;. The van der Waals surface area contributed by atoms with Gasteiger partial charge in [0.2, 0.25) is 0 Å². The zero-order valence-corrected chi connectivity index (χ0v) is 29.4. The summed E-state index contributed by atoms with van der Waals surface area (Å²) in [6, 6.07) is 28.2. The number of carbonyl (C=O) groups excluding carboxylic acids is 1. The van der Waals surface area contributed by atoms with Gasteiger partial charge in [-0.25, -0.2) is 0 Å². The molecule has 1 radical (unpaired) electrons. The van der Waals surface area contributed by atoms with Gasteiger partial charge in [-0.3, -0.25) is 4.79 Å². The van der Waals surface area contributed by atoms with E-state index in [9.17, 15) is 4.79 Å². The van der Waals surface area contributed by atoms with Crippen molar-refractivity contribution in [3.63, 3.8) is 0 Å². The second kappa shape index (κ2) is 13.4. The van der Waals surface area contributed by atoms with Crippen LogP contribution in [0.1, 0.15) is 39.2 Å². The number of fused-ring (bicyclic) bond motifs is 2. The molecule has 0 amide bonds. The fourth-order valence-corrected chi connectivity index (χ4v) is 8.15. The van der Waals surface area contributed by atoms with Crippen LogP contribution in [-0.4, -0.2) is 29.1 Å². The normalized spacial score (nSPS) is 11.8. The van der Waals surface area contributed by atoms with Crippen LogP contribution in [0.5, 0.6) is 0 Å². The summed E-state index contributed by atoms with van der Waals surface area (Å²) >= 11 is -0.0576. The Morgan fingerprint density at radius 3 is 2.25 bits per heavy atom. The number of benzene rings is 3. The van der Waals surface area contributed by atoms with E-state index in [0.717, 1.165) is 11.3 Å². The van der Waals surface area contributed by atoms with E-state index in [1.807, 2.05) is 17.5 Å². The molecule has 0 fully saturated rings. The van der Waals surface area contributed by atoms with Crippen LogP contribution in [0, 0.1) is 6.07 Å². The maximum Gasteiger partial charge on any atom is 0 e. The number of hydrogen-bond acceptors (Lipinski definition) is 4. The molecule has 0 saturated carbocycles. The zero-order valence-electron chi connectivity index (χ0n) is 24.1. The molecule has 0 bridgehead atoms. The minimum atomic E-state index is -1.88. The molecule has 0 aliphatic rings. The Balaban J connectivity index is 0.000000492. The first-order valence-electron chi connectivity index (χ1n) is 13.3. The maximum absolute atomic E-state index is 10.0. The Hall–Kier alpha value is -2.57. The minimum absolute atomic E-state index is 0. The largest absolute Gasteiger partial charge is 0 e. The van der Waals surface area contributed by atoms with Gasteiger partial charge in [-0.1, -0.05) is 18.2 Å². The molecule has 3 nitrogen and oxygen atoms in total. The predicted molar refractivity (Wildman–Crippen MR) is 171 cm³/mol. The van der Waals surface area contributed by atoms with Gasteiger partial charge in [-0.2, -0.15) is 0 Å². The molecule has 0 atom stereocenters. The fraction of sp³-hybridized carbons (Fsp3) is 0.235. The van der Waals surface area contributed by atoms with E-state index >= 15 is 0 Å². The molecule has 0 spiro atoms. The summed E-state index contributed by atoms with van der Waals surface area (Å²) in [5, 5.41) is 12.2. The number of allylic oxidation sites excluding steroid dienone is 2. The third-order valence-corrected chi connectivity index (χ3v) is 12.0. The van der Waals surface area contributed by atoms with E-state index in [-0.39, 0.29) is 31.6 Å². The topological polar surface area (TPSA) is 50.2 Å². The summed E-state index contributed by atoms with van der Waals surface area (Å²) in [5.41, 5.74) is 4.77. The van der Waals surface area contributed by atoms with Gasteiger partial charge in [-0.15, -0.1) is 0 Å². The molecule has 1 N–H and O–H groups in total. The second-order valence-corrected chi connectivity index (χ2v) is 23.0. The SMILES string of the molecule is CC(=O)/C=C(/C)O.CC(C)c1cc(-c2nccc3c[c]([Ge]([CH3])([CH3])[CH3])ccc23)[c-]c2sc(-c3ccccc3)cc12.[Ir]. The summed E-state index contributed by atoms with van der Waals surface area (Å²) in [6.45, 7) is 7.40. The van der Waals surface area contributed by atoms with Crippen LogP contribution in [0.25, 0.3) is 42.6 Å². The van der Waals surface area contributed by atoms with Crippen LogP contribution in [0.3, 0.4) is 0 Å². The van der Waals surface area contributed by atoms with Gasteiger partial charge in [-0.05, 0) is 13.8 Å². The number of ketones is 1. The molecular formula is C34H36GeIrNO2S-. The third kappa shape index (κ3) is 7.58. The maximum atomic E-state index is 10.0. The van der Waals surface area contributed by atoms with Crippen molar-refractivity contribution < 1.29 is 30.0 Å². The van der Waals surface area contributed by atoms with Crippen molar-refractivity contribution in [1.82, 2.24) is 4.98 Å². The molecule has 209 valence electrons. The van der Waals surface area contributed by atoms with E-state index < -0.39 is 13.3 Å². The Morgan fingerprint density at radius 1 is 0.975 bits per heavy atom. The van der Waals surface area contributed by atoms with E-state index in [2.05, 4.69) is 104 Å². The van der Waals surface area contributed by atoms with Gasteiger partial charge < -0.3 is 5.11 Å². The number of aliphatic hydroxyl groups excluding tert-OH is 1. The van der Waals surface area contributed by atoms with Crippen LogP contribution in [-0.2, 0) is 24.9 Å². The third-order valence-electron chi connectivity index (χ3n) is 6.57. The molecule has 0 aliphatic carbocycles. The molecule has 3 aromatic carbocycles. The second-order valence-electron chi connectivity index (χ2n) is 11.3. The predicted octanol–water partition coefficient (Wildman–Crippen LogP) is 9.29. The van der Waals surface area contributed by atoms with E-state index in [1.165, 1.54) is 61.2 Å². The van der Waals surface area contributed by atoms with Gasteiger partial charge in [0.25, 0.3) is 0 Å². The number of rotatable bonds is 5. The molecule has 6 heteroatoms. The first-order valence-corrected chi connectivity index (χ1v) is 21.4. The van der Waals surface area contributed by atoms with Crippen molar-refractivity contribution in [2.75, 3.05) is 0 Å². The molecule has 40 heavy (non-hydrogen) atoms. The first-order chi connectivity index (χ1) is 18.4. The number of aliphatic hydroxyl groups is 1. The van der Waals surface area contributed by atoms with Gasteiger partial charge in [0.1, 0.15) is 0 Å². The van der Waals surface area contributed by atoms with Crippen molar-refractivity contribution in [2.45, 2.75) is 50.9 Å². The van der Waals surface area contributed by atoms with Gasteiger partial charge >= 0.3 is 180 Å². The van der Waals surface area contributed by atoms with Crippen LogP contribution in [0.4, 0.5) is 0 Å². The Labute approximate surface area is 258 Å². The summed E-state index contributed by atoms with van der Waals surface area (Å²) in [6.07, 6.45) is 3.12. The van der Waals surface area contributed by atoms with Crippen LogP contribution in [0.15, 0.2) is 84.8 Å². The summed E-state index contributed by atoms with van der Waals surface area (Å²) in [4.78, 5) is 16.1. The van der Waals surface area contributed by atoms with Crippen LogP contribution in [0.2, 0.25) is 17.3 Å². The monoisotopic (exact) mass is 789 g/mol. The van der Waals surface area contributed by atoms with Crippen molar-refractivity contribution in [3.8, 4) is 21.7 Å². The fourth-order valence-electron chi connectivity index (χ4n) is 4.59. The van der Waals surface area contributed by atoms with Crippen LogP contribution < -0.4 is 4.40 Å². The number of hydrogen-bond donors (Lipinski definition) is 1. The number of nitrogens with zero attached hydrogens (tertiary/aromatic N) is 1. The van der Waals surface area contributed by atoms with Gasteiger partial charge in [0, 0.05) is 26.2 Å². The Morgan fingerprint density at radius 2 is 1.68 bits per heavy atom. The summed E-state index contributed by atoms with van der Waals surface area (Å²) in [5.74, 6) is 7.70. The minimum Gasteiger partial charge on any atom is 0 e. The molecule has 0 saturated heterocycles. The smallest absolute Gasteiger partial charge is 0 e. The molecule has 2 aromatic heterocycles. The van der Waals surface area contributed by atoms with Gasteiger partial charge in [0.05, 0.1) is 5.76 Å². The average Bonchev–Trinajstić information content (AvgIpc) is 3.31. The summed E-state index contributed by atoms with van der Waals surface area (Å²) < 4.78 is 2.74. The number of thiophene rings is 1. The van der Waals surface area contributed by atoms with E-state index in [0.29, 0.717) is 5.92 Å². The quantitative estimate of drug-likeness (QED) is 0.0837. The Kier molecular flexibility index (Phi) is 10.7. The van der Waals surface area contributed by atoms with Crippen LogP contribution >= 0.6 is 11.3 Å². The number of pyridine rings is 1. The zero-order chi connectivity index (χ0) is 28.3. The van der Waals surface area contributed by atoms with Gasteiger partial charge in [0.15, 0.2) is 5.78 Å².